The largest absolute Gasteiger partial charge is 0.344 e. The van der Waals surface area contributed by atoms with Crippen LogP contribution in [-0.2, 0) is 4.79 Å². The van der Waals surface area contributed by atoms with Crippen molar-refractivity contribution in [3.63, 3.8) is 0 Å². The third-order valence-corrected chi connectivity index (χ3v) is 4.54. The van der Waals surface area contributed by atoms with Crippen molar-refractivity contribution in [2.45, 2.75) is 18.1 Å². The Labute approximate surface area is 151 Å². The lowest BCUT2D eigenvalue weighted by molar-refractivity contribution is -0.119. The number of nitrogens with one attached hydrogen (secondary N) is 1. The van der Waals surface area contributed by atoms with Gasteiger partial charge in [0.1, 0.15) is 0 Å². The maximum atomic E-state index is 12.5. The van der Waals surface area contributed by atoms with Gasteiger partial charge in [0.15, 0.2) is 5.16 Å². The molecule has 3 rings (SSSR count). The smallest absolute Gasteiger partial charge is 0.231 e. The molecule has 4 nitrogen and oxygen atoms in total. The first kappa shape index (κ1) is 17.2. The van der Waals surface area contributed by atoms with E-state index in [-0.39, 0.29) is 17.7 Å². The zero-order valence-electron chi connectivity index (χ0n) is 13.9. The van der Waals surface area contributed by atoms with E-state index < -0.39 is 0 Å². The summed E-state index contributed by atoms with van der Waals surface area (Å²) in [7, 11) is 0. The fourth-order valence-corrected chi connectivity index (χ4v) is 3.17. The molecule has 0 unspecified atom stereocenters. The molecule has 0 fully saturated rings. The Morgan fingerprint density at radius 3 is 2.16 bits per heavy atom. The van der Waals surface area contributed by atoms with Crippen molar-refractivity contribution in [2.24, 2.45) is 0 Å². The van der Waals surface area contributed by atoms with Crippen LogP contribution in [0.3, 0.4) is 0 Å². The number of nitrogens with zero attached hydrogens (tertiary/aromatic N) is 2. The summed E-state index contributed by atoms with van der Waals surface area (Å²) in [5, 5.41) is 3.74. The molecular formula is C20H19N3OS. The van der Waals surface area contributed by atoms with Crippen molar-refractivity contribution in [1.29, 1.82) is 0 Å². The second-order valence-corrected chi connectivity index (χ2v) is 6.53. The highest BCUT2D eigenvalue weighted by molar-refractivity contribution is 7.99. The molecule has 0 bridgehead atoms. The summed E-state index contributed by atoms with van der Waals surface area (Å²) in [6.45, 7) is 1.91. The highest BCUT2D eigenvalue weighted by Gasteiger charge is 2.16. The summed E-state index contributed by atoms with van der Waals surface area (Å²) in [4.78, 5) is 21.0. The zero-order chi connectivity index (χ0) is 17.5. The molecule has 0 aliphatic rings. The number of aromatic nitrogens is 2. The molecule has 3 aromatic rings. The predicted octanol–water partition coefficient (Wildman–Crippen LogP) is 3.78. The molecule has 5 heteroatoms. The first-order valence-electron chi connectivity index (χ1n) is 8.04. The van der Waals surface area contributed by atoms with E-state index >= 15 is 0 Å². The number of carbonyl (C=O) groups is 1. The van der Waals surface area contributed by atoms with Crippen LogP contribution < -0.4 is 5.32 Å². The monoisotopic (exact) mass is 349 g/mol. The number of thioether (sulfide) groups is 1. The maximum Gasteiger partial charge on any atom is 0.231 e. The van der Waals surface area contributed by atoms with Crippen LogP contribution in [0, 0.1) is 6.92 Å². The molecule has 1 aromatic heterocycles. The van der Waals surface area contributed by atoms with Crippen LogP contribution >= 0.6 is 11.8 Å². The SMILES string of the molecule is Cc1ccnc(SCC(=O)NC(c2ccccc2)c2ccccc2)n1. The molecule has 25 heavy (non-hydrogen) atoms. The van der Waals surface area contributed by atoms with Crippen LogP contribution in [0.15, 0.2) is 78.1 Å². The fraction of sp³-hybridized carbons (Fsp3) is 0.150. The number of carbonyl (C=O) groups excluding carboxylic acids is 1. The fourth-order valence-electron chi connectivity index (χ4n) is 2.48. The minimum absolute atomic E-state index is 0.0483. The van der Waals surface area contributed by atoms with E-state index in [1.807, 2.05) is 73.7 Å². The highest BCUT2D eigenvalue weighted by Crippen LogP contribution is 2.22. The Morgan fingerprint density at radius 2 is 1.60 bits per heavy atom. The van der Waals surface area contributed by atoms with E-state index in [0.29, 0.717) is 5.16 Å². The molecule has 0 spiro atoms. The third-order valence-electron chi connectivity index (χ3n) is 3.68. The lowest BCUT2D eigenvalue weighted by Crippen LogP contribution is -2.30. The second kappa shape index (κ2) is 8.44. The number of amides is 1. The van der Waals surface area contributed by atoms with E-state index in [1.165, 1.54) is 11.8 Å². The molecule has 126 valence electrons. The van der Waals surface area contributed by atoms with Crippen LogP contribution in [0.1, 0.15) is 22.9 Å². The Bertz CT molecular complexity index is 785. The van der Waals surface area contributed by atoms with Crippen molar-refractivity contribution in [1.82, 2.24) is 15.3 Å². The van der Waals surface area contributed by atoms with Crippen LogP contribution in [0.2, 0.25) is 0 Å². The van der Waals surface area contributed by atoms with Crippen LogP contribution in [0.5, 0.6) is 0 Å². The minimum Gasteiger partial charge on any atom is -0.344 e. The average molecular weight is 349 g/mol. The van der Waals surface area contributed by atoms with Gasteiger partial charge in [-0.15, -0.1) is 0 Å². The molecule has 0 radical (unpaired) electrons. The van der Waals surface area contributed by atoms with E-state index in [0.717, 1.165) is 16.8 Å². The third kappa shape index (κ3) is 4.90. The molecule has 0 saturated carbocycles. The summed E-state index contributed by atoms with van der Waals surface area (Å²) in [6, 6.07) is 21.6. The molecule has 1 amide bonds. The highest BCUT2D eigenvalue weighted by atomic mass is 32.2. The van der Waals surface area contributed by atoms with Crippen molar-refractivity contribution < 1.29 is 4.79 Å². The standard InChI is InChI=1S/C20H19N3OS/c1-15-12-13-21-20(22-15)25-14-18(24)23-19(16-8-4-2-5-9-16)17-10-6-3-7-11-17/h2-13,19H,14H2,1H3,(H,23,24). The maximum absolute atomic E-state index is 12.5. The second-order valence-electron chi connectivity index (χ2n) is 5.59. The van der Waals surface area contributed by atoms with E-state index in [4.69, 9.17) is 0 Å². The number of hydrogen-bond donors (Lipinski definition) is 1. The van der Waals surface area contributed by atoms with Gasteiger partial charge >= 0.3 is 0 Å². The average Bonchev–Trinajstić information content (AvgIpc) is 2.66. The van der Waals surface area contributed by atoms with Gasteiger partial charge in [-0.2, -0.15) is 0 Å². The number of hydrogen-bond acceptors (Lipinski definition) is 4. The molecule has 2 aromatic carbocycles. The minimum atomic E-state index is -0.172. The normalized spacial score (nSPS) is 10.6. The van der Waals surface area contributed by atoms with E-state index in [2.05, 4.69) is 15.3 Å². The molecule has 0 aliphatic heterocycles. The molecule has 1 N–H and O–H groups in total. The van der Waals surface area contributed by atoms with E-state index in [9.17, 15) is 4.79 Å². The molecular weight excluding hydrogens is 330 g/mol. The lowest BCUT2D eigenvalue weighted by Gasteiger charge is -2.19. The van der Waals surface area contributed by atoms with Gasteiger partial charge in [0.2, 0.25) is 5.91 Å². The molecule has 0 aliphatic carbocycles. The number of benzene rings is 2. The van der Waals surface area contributed by atoms with Gasteiger partial charge in [-0.05, 0) is 24.1 Å². The first-order chi connectivity index (χ1) is 12.2. The van der Waals surface area contributed by atoms with Gasteiger partial charge in [0.25, 0.3) is 0 Å². The Hall–Kier alpha value is -2.66. The summed E-state index contributed by atoms with van der Waals surface area (Å²) in [5.41, 5.74) is 3.00. The molecule has 1 heterocycles. The Balaban J connectivity index is 1.71. The van der Waals surface area contributed by atoms with Crippen LogP contribution in [-0.4, -0.2) is 21.6 Å². The lowest BCUT2D eigenvalue weighted by atomic mass is 9.99. The quantitative estimate of drug-likeness (QED) is 0.543. The van der Waals surface area contributed by atoms with E-state index in [1.54, 1.807) is 6.20 Å². The number of aryl methyl sites for hydroxylation is 1. The Kier molecular flexibility index (Phi) is 5.80. The van der Waals surface area contributed by atoms with Crippen LogP contribution in [0.25, 0.3) is 0 Å². The van der Waals surface area contributed by atoms with Crippen molar-refractivity contribution in [2.75, 3.05) is 5.75 Å². The van der Waals surface area contributed by atoms with Crippen molar-refractivity contribution in [3.05, 3.63) is 89.7 Å². The van der Waals surface area contributed by atoms with Crippen LogP contribution in [0.4, 0.5) is 0 Å². The first-order valence-corrected chi connectivity index (χ1v) is 9.02. The number of rotatable bonds is 6. The van der Waals surface area contributed by atoms with Gasteiger partial charge < -0.3 is 5.32 Å². The molecule has 0 saturated heterocycles. The van der Waals surface area contributed by atoms with Gasteiger partial charge in [-0.1, -0.05) is 72.4 Å². The van der Waals surface area contributed by atoms with Crippen molar-refractivity contribution >= 4 is 17.7 Å². The predicted molar refractivity (Wildman–Crippen MR) is 100 cm³/mol. The van der Waals surface area contributed by atoms with Gasteiger partial charge in [0, 0.05) is 11.9 Å². The van der Waals surface area contributed by atoms with Gasteiger partial charge in [-0.3, -0.25) is 4.79 Å². The zero-order valence-corrected chi connectivity index (χ0v) is 14.7. The topological polar surface area (TPSA) is 54.9 Å². The summed E-state index contributed by atoms with van der Waals surface area (Å²) < 4.78 is 0. The summed E-state index contributed by atoms with van der Waals surface area (Å²) >= 11 is 1.34. The summed E-state index contributed by atoms with van der Waals surface area (Å²) in [6.07, 6.45) is 1.71. The summed E-state index contributed by atoms with van der Waals surface area (Å²) in [5.74, 6) is 0.229. The van der Waals surface area contributed by atoms with Crippen molar-refractivity contribution in [3.8, 4) is 0 Å². The molecule has 0 atom stereocenters. The Morgan fingerprint density at radius 1 is 1.00 bits per heavy atom. The van der Waals surface area contributed by atoms with Gasteiger partial charge in [-0.25, -0.2) is 9.97 Å². The van der Waals surface area contributed by atoms with Gasteiger partial charge in [0.05, 0.1) is 11.8 Å².